The summed E-state index contributed by atoms with van der Waals surface area (Å²) in [6.07, 6.45) is 3.53. The van der Waals surface area contributed by atoms with Crippen molar-refractivity contribution in [3.05, 3.63) is 78.0 Å². The van der Waals surface area contributed by atoms with Crippen LogP contribution in [0.25, 0.3) is 0 Å². The van der Waals surface area contributed by atoms with Crippen LogP contribution in [0.15, 0.2) is 65.4 Å². The molecule has 2 atom stereocenters. The topological polar surface area (TPSA) is 43.0 Å². The van der Waals surface area contributed by atoms with Gasteiger partial charge in [-0.2, -0.15) is 5.10 Å². The lowest BCUT2D eigenvalue weighted by molar-refractivity contribution is 0.410. The number of hydrogen-bond acceptors (Lipinski definition) is 3. The molecule has 2 heterocycles. The highest BCUT2D eigenvalue weighted by Gasteiger charge is 2.20. The van der Waals surface area contributed by atoms with Crippen molar-refractivity contribution in [3.8, 4) is 0 Å². The fraction of sp³-hybridized carbons (Fsp3) is 0.235. The smallest absolute Gasteiger partial charge is 0.125 e. The third-order valence-electron chi connectivity index (χ3n) is 3.68. The molecule has 4 heteroatoms. The minimum Gasteiger partial charge on any atom is -0.467 e. The molecule has 0 fully saturated rings. The van der Waals surface area contributed by atoms with Crippen LogP contribution in [0.5, 0.6) is 0 Å². The summed E-state index contributed by atoms with van der Waals surface area (Å²) in [4.78, 5) is 0. The van der Waals surface area contributed by atoms with Crippen LogP contribution in [0.1, 0.15) is 36.0 Å². The van der Waals surface area contributed by atoms with E-state index in [1.807, 2.05) is 54.3 Å². The van der Waals surface area contributed by atoms with Crippen molar-refractivity contribution in [3.63, 3.8) is 0 Å². The zero-order chi connectivity index (χ0) is 14.7. The third kappa shape index (κ3) is 2.90. The number of aromatic nitrogens is 2. The van der Waals surface area contributed by atoms with E-state index in [2.05, 4.69) is 29.5 Å². The SMILES string of the molecule is CC(NC(c1ccccc1)c1ccco1)c1ccnn1C. The molecule has 0 saturated heterocycles. The molecule has 21 heavy (non-hydrogen) atoms. The van der Waals surface area contributed by atoms with Crippen molar-refractivity contribution in [1.82, 2.24) is 15.1 Å². The molecule has 0 aliphatic carbocycles. The van der Waals surface area contributed by atoms with Gasteiger partial charge < -0.3 is 4.42 Å². The third-order valence-corrected chi connectivity index (χ3v) is 3.68. The van der Waals surface area contributed by atoms with Crippen molar-refractivity contribution in [2.45, 2.75) is 19.0 Å². The van der Waals surface area contributed by atoms with Gasteiger partial charge in [-0.15, -0.1) is 0 Å². The summed E-state index contributed by atoms with van der Waals surface area (Å²) in [5.41, 5.74) is 2.32. The second kappa shape index (κ2) is 5.97. The standard InChI is InChI=1S/C17H19N3O/c1-13(15-10-11-18-20(15)2)19-17(16-9-6-12-21-16)14-7-4-3-5-8-14/h3-13,17,19H,1-2H3. The van der Waals surface area contributed by atoms with Crippen molar-refractivity contribution in [1.29, 1.82) is 0 Å². The van der Waals surface area contributed by atoms with Gasteiger partial charge in [-0.1, -0.05) is 30.3 Å². The molecule has 2 aromatic heterocycles. The average molecular weight is 281 g/mol. The van der Waals surface area contributed by atoms with E-state index in [1.165, 1.54) is 5.56 Å². The maximum atomic E-state index is 5.61. The van der Waals surface area contributed by atoms with Crippen LogP contribution < -0.4 is 5.32 Å². The van der Waals surface area contributed by atoms with Crippen molar-refractivity contribution in [2.24, 2.45) is 7.05 Å². The molecule has 0 saturated carbocycles. The van der Waals surface area contributed by atoms with Crippen LogP contribution in [0.4, 0.5) is 0 Å². The van der Waals surface area contributed by atoms with Gasteiger partial charge >= 0.3 is 0 Å². The number of hydrogen-bond donors (Lipinski definition) is 1. The van der Waals surface area contributed by atoms with Crippen LogP contribution >= 0.6 is 0 Å². The van der Waals surface area contributed by atoms with E-state index < -0.39 is 0 Å². The number of furan rings is 1. The Kier molecular flexibility index (Phi) is 3.88. The first-order chi connectivity index (χ1) is 10.3. The lowest BCUT2D eigenvalue weighted by Gasteiger charge is -2.22. The molecule has 0 aliphatic rings. The zero-order valence-corrected chi connectivity index (χ0v) is 12.2. The van der Waals surface area contributed by atoms with Gasteiger partial charge in [-0.05, 0) is 30.7 Å². The predicted octanol–water partition coefficient (Wildman–Crippen LogP) is 3.45. The second-order valence-corrected chi connectivity index (χ2v) is 5.13. The van der Waals surface area contributed by atoms with Crippen LogP contribution in [-0.4, -0.2) is 9.78 Å². The predicted molar refractivity (Wildman–Crippen MR) is 81.8 cm³/mol. The molecule has 0 spiro atoms. The molecule has 3 aromatic rings. The maximum Gasteiger partial charge on any atom is 0.125 e. The van der Waals surface area contributed by atoms with Gasteiger partial charge in [-0.3, -0.25) is 10.00 Å². The first-order valence-corrected chi connectivity index (χ1v) is 7.08. The van der Waals surface area contributed by atoms with E-state index in [1.54, 1.807) is 6.26 Å². The Balaban J connectivity index is 1.89. The van der Waals surface area contributed by atoms with Crippen LogP contribution in [0.2, 0.25) is 0 Å². The summed E-state index contributed by atoms with van der Waals surface area (Å²) < 4.78 is 7.50. The van der Waals surface area contributed by atoms with E-state index in [4.69, 9.17) is 4.42 Å². The molecule has 4 nitrogen and oxygen atoms in total. The van der Waals surface area contributed by atoms with E-state index in [9.17, 15) is 0 Å². The van der Waals surface area contributed by atoms with E-state index in [-0.39, 0.29) is 12.1 Å². The van der Waals surface area contributed by atoms with Gasteiger partial charge in [0.2, 0.25) is 0 Å². The number of nitrogens with one attached hydrogen (secondary N) is 1. The monoisotopic (exact) mass is 281 g/mol. The zero-order valence-electron chi connectivity index (χ0n) is 12.2. The summed E-state index contributed by atoms with van der Waals surface area (Å²) in [5.74, 6) is 0.912. The molecule has 0 radical (unpaired) electrons. The molecule has 1 aromatic carbocycles. The molecular formula is C17H19N3O. The fourth-order valence-electron chi connectivity index (χ4n) is 2.59. The Morgan fingerprint density at radius 3 is 2.52 bits per heavy atom. The van der Waals surface area contributed by atoms with Gasteiger partial charge in [-0.25, -0.2) is 0 Å². The summed E-state index contributed by atoms with van der Waals surface area (Å²) >= 11 is 0. The lowest BCUT2D eigenvalue weighted by Crippen LogP contribution is -2.26. The summed E-state index contributed by atoms with van der Waals surface area (Å²) in [5, 5.41) is 7.86. The first kappa shape index (κ1) is 13.6. The highest BCUT2D eigenvalue weighted by atomic mass is 16.3. The van der Waals surface area contributed by atoms with Gasteiger partial charge in [0.15, 0.2) is 0 Å². The van der Waals surface area contributed by atoms with E-state index in [0.29, 0.717) is 0 Å². The van der Waals surface area contributed by atoms with Crippen LogP contribution in [0.3, 0.4) is 0 Å². The Labute approximate surface area is 124 Å². The van der Waals surface area contributed by atoms with Gasteiger partial charge in [0.1, 0.15) is 5.76 Å². The Bertz CT molecular complexity index is 673. The first-order valence-electron chi connectivity index (χ1n) is 7.08. The number of nitrogens with zero attached hydrogens (tertiary/aromatic N) is 2. The minimum absolute atomic E-state index is 0.0195. The molecule has 2 unspecified atom stereocenters. The Morgan fingerprint density at radius 1 is 1.10 bits per heavy atom. The largest absolute Gasteiger partial charge is 0.467 e. The maximum absolute atomic E-state index is 5.61. The average Bonchev–Trinajstić information content (AvgIpc) is 3.17. The van der Waals surface area contributed by atoms with E-state index >= 15 is 0 Å². The van der Waals surface area contributed by atoms with Crippen molar-refractivity contribution in [2.75, 3.05) is 0 Å². The van der Waals surface area contributed by atoms with Gasteiger partial charge in [0.25, 0.3) is 0 Å². The summed E-state index contributed by atoms with van der Waals surface area (Å²) in [6, 6.07) is 16.5. The molecule has 1 N–H and O–H groups in total. The summed E-state index contributed by atoms with van der Waals surface area (Å²) in [6.45, 7) is 2.13. The molecule has 0 bridgehead atoms. The Hall–Kier alpha value is -2.33. The number of benzene rings is 1. The quantitative estimate of drug-likeness (QED) is 0.779. The highest BCUT2D eigenvalue weighted by molar-refractivity contribution is 5.27. The minimum atomic E-state index is 0.0195. The van der Waals surface area contributed by atoms with Gasteiger partial charge in [0.05, 0.1) is 18.0 Å². The Morgan fingerprint density at radius 2 is 1.90 bits per heavy atom. The molecule has 0 aliphatic heterocycles. The highest BCUT2D eigenvalue weighted by Crippen LogP contribution is 2.26. The second-order valence-electron chi connectivity index (χ2n) is 5.13. The fourth-order valence-corrected chi connectivity index (χ4v) is 2.59. The molecule has 108 valence electrons. The summed E-state index contributed by atoms with van der Waals surface area (Å²) in [7, 11) is 1.96. The van der Waals surface area contributed by atoms with Crippen LogP contribution in [0, 0.1) is 0 Å². The molecular weight excluding hydrogens is 262 g/mol. The lowest BCUT2D eigenvalue weighted by atomic mass is 10.0. The van der Waals surface area contributed by atoms with E-state index in [0.717, 1.165) is 11.5 Å². The van der Waals surface area contributed by atoms with Crippen molar-refractivity contribution < 1.29 is 4.42 Å². The van der Waals surface area contributed by atoms with Crippen LogP contribution in [-0.2, 0) is 7.05 Å². The molecule has 0 amide bonds. The molecule has 3 rings (SSSR count). The normalized spacial score (nSPS) is 14.0. The number of aryl methyl sites for hydroxylation is 1. The van der Waals surface area contributed by atoms with Gasteiger partial charge in [0, 0.05) is 19.3 Å². The number of rotatable bonds is 5. The van der Waals surface area contributed by atoms with Crippen molar-refractivity contribution >= 4 is 0 Å².